The van der Waals surface area contributed by atoms with E-state index in [1.54, 1.807) is 13.1 Å². The number of aryl methyl sites for hydroxylation is 1. The van der Waals surface area contributed by atoms with Crippen molar-refractivity contribution in [2.75, 3.05) is 13.3 Å². The number of carboxylic acids is 1. The van der Waals surface area contributed by atoms with Gasteiger partial charge in [-0.3, -0.25) is 19.1 Å². The van der Waals surface area contributed by atoms with E-state index in [1.165, 1.54) is 10.7 Å². The Labute approximate surface area is 123 Å². The number of carbonyl (C=O) groups is 2. The van der Waals surface area contributed by atoms with Crippen LogP contribution in [0.15, 0.2) is 16.9 Å². The normalized spacial score (nSPS) is 12.4. The van der Waals surface area contributed by atoms with Gasteiger partial charge in [-0.25, -0.2) is 0 Å². The summed E-state index contributed by atoms with van der Waals surface area (Å²) in [4.78, 5) is 34.8. The first-order chi connectivity index (χ1) is 10.5. The summed E-state index contributed by atoms with van der Waals surface area (Å²) in [5.41, 5.74) is -0.506. The van der Waals surface area contributed by atoms with Crippen LogP contribution in [0.1, 0.15) is 10.5 Å². The fourth-order valence-corrected chi connectivity index (χ4v) is 2.15. The van der Waals surface area contributed by atoms with Crippen molar-refractivity contribution in [1.29, 1.82) is 0 Å². The topological polar surface area (TPSA) is 120 Å². The lowest BCUT2D eigenvalue weighted by atomic mass is 10.1. The summed E-state index contributed by atoms with van der Waals surface area (Å²) in [6, 6.07) is 3.08. The maximum absolute atomic E-state index is 12.4. The molecule has 0 spiro atoms. The lowest BCUT2D eigenvalue weighted by Gasteiger charge is -2.08. The van der Waals surface area contributed by atoms with E-state index >= 15 is 0 Å². The smallest absolute Gasteiger partial charge is 0.322 e. The second-order valence-corrected chi connectivity index (χ2v) is 4.60. The number of fused-ring (bicyclic) bond motifs is 2. The van der Waals surface area contributed by atoms with E-state index in [0.29, 0.717) is 17.0 Å². The Bertz CT molecular complexity index is 857. The number of hydrogen-bond donors (Lipinski definition) is 2. The van der Waals surface area contributed by atoms with Crippen LogP contribution < -0.4 is 20.2 Å². The average molecular weight is 305 g/mol. The minimum Gasteiger partial charge on any atom is -0.480 e. The second kappa shape index (κ2) is 5.02. The van der Waals surface area contributed by atoms with Gasteiger partial charge in [0.1, 0.15) is 6.54 Å². The van der Waals surface area contributed by atoms with E-state index in [2.05, 4.69) is 10.4 Å². The summed E-state index contributed by atoms with van der Waals surface area (Å²) in [5.74, 6) is -1.16. The van der Waals surface area contributed by atoms with E-state index in [0.717, 1.165) is 0 Å². The molecule has 0 saturated carbocycles. The highest BCUT2D eigenvalue weighted by atomic mass is 16.7. The zero-order valence-electron chi connectivity index (χ0n) is 11.5. The van der Waals surface area contributed by atoms with Gasteiger partial charge in [0.05, 0.1) is 10.9 Å². The predicted octanol–water partition coefficient (Wildman–Crippen LogP) is -0.523. The largest absolute Gasteiger partial charge is 0.480 e. The SMILES string of the molecule is Cn1nc(C(=O)NCC(=O)O)c(=O)c2cc3c(cc21)OCO3. The Morgan fingerprint density at radius 1 is 1.36 bits per heavy atom. The zero-order valence-corrected chi connectivity index (χ0v) is 11.5. The fourth-order valence-electron chi connectivity index (χ4n) is 2.15. The molecule has 0 atom stereocenters. The standard InChI is InChI=1S/C13H11N3O6/c1-16-7-3-9-8(21-5-22-9)2-6(7)12(19)11(15-16)13(20)14-4-10(17)18/h2-3H,4-5H2,1H3,(H,14,20)(H,17,18). The number of aromatic nitrogens is 2. The lowest BCUT2D eigenvalue weighted by Crippen LogP contribution is -2.34. The molecule has 0 bridgehead atoms. The molecule has 0 radical (unpaired) electrons. The highest BCUT2D eigenvalue weighted by Crippen LogP contribution is 2.34. The molecule has 1 aliphatic heterocycles. The van der Waals surface area contributed by atoms with Gasteiger partial charge in [0, 0.05) is 13.1 Å². The Kier molecular flexibility index (Phi) is 3.17. The van der Waals surface area contributed by atoms with E-state index in [1.807, 2.05) is 0 Å². The summed E-state index contributed by atoms with van der Waals surface area (Å²) >= 11 is 0. The molecule has 0 aliphatic carbocycles. The van der Waals surface area contributed by atoms with Gasteiger partial charge in [0.25, 0.3) is 5.91 Å². The third kappa shape index (κ3) is 2.22. The van der Waals surface area contributed by atoms with Crippen molar-refractivity contribution < 1.29 is 24.2 Å². The minimum atomic E-state index is -1.21. The first-order valence-corrected chi connectivity index (χ1v) is 6.28. The van der Waals surface area contributed by atoms with Crippen LogP contribution in [-0.2, 0) is 11.8 Å². The van der Waals surface area contributed by atoms with Crippen molar-refractivity contribution in [3.8, 4) is 11.5 Å². The van der Waals surface area contributed by atoms with Crippen LogP contribution in [0, 0.1) is 0 Å². The van der Waals surface area contributed by atoms with Crippen molar-refractivity contribution in [2.24, 2.45) is 7.05 Å². The number of carboxylic acid groups (broad SMARTS) is 1. The first-order valence-electron chi connectivity index (χ1n) is 6.28. The van der Waals surface area contributed by atoms with Crippen molar-refractivity contribution in [1.82, 2.24) is 15.1 Å². The lowest BCUT2D eigenvalue weighted by molar-refractivity contribution is -0.135. The molecule has 2 N–H and O–H groups in total. The number of hydrogen-bond acceptors (Lipinski definition) is 6. The van der Waals surface area contributed by atoms with Crippen LogP contribution >= 0.6 is 0 Å². The van der Waals surface area contributed by atoms with Crippen molar-refractivity contribution in [3.63, 3.8) is 0 Å². The molecule has 2 heterocycles. The van der Waals surface area contributed by atoms with Crippen molar-refractivity contribution in [3.05, 3.63) is 28.0 Å². The number of amides is 1. The molecule has 2 aromatic rings. The minimum absolute atomic E-state index is 0.0585. The van der Waals surface area contributed by atoms with Crippen LogP contribution in [0.3, 0.4) is 0 Å². The van der Waals surface area contributed by atoms with Gasteiger partial charge in [-0.05, 0) is 6.07 Å². The van der Waals surface area contributed by atoms with E-state index in [-0.39, 0.29) is 17.9 Å². The molecule has 0 saturated heterocycles. The van der Waals surface area contributed by atoms with Crippen LogP contribution in [0.2, 0.25) is 0 Å². The molecule has 0 fully saturated rings. The summed E-state index contributed by atoms with van der Waals surface area (Å²) in [5, 5.41) is 14.8. The summed E-state index contributed by atoms with van der Waals surface area (Å²) in [6.45, 7) is -0.536. The molecule has 9 heteroatoms. The molecule has 114 valence electrons. The van der Waals surface area contributed by atoms with Gasteiger partial charge >= 0.3 is 5.97 Å². The third-order valence-electron chi connectivity index (χ3n) is 3.16. The summed E-state index contributed by atoms with van der Waals surface area (Å²) in [6.07, 6.45) is 0. The maximum atomic E-state index is 12.4. The quantitative estimate of drug-likeness (QED) is 0.782. The van der Waals surface area contributed by atoms with Gasteiger partial charge in [0.2, 0.25) is 12.2 Å². The predicted molar refractivity (Wildman–Crippen MR) is 73.1 cm³/mol. The third-order valence-corrected chi connectivity index (χ3v) is 3.16. The number of ether oxygens (including phenoxy) is 2. The van der Waals surface area contributed by atoms with Crippen LogP contribution in [0.4, 0.5) is 0 Å². The molecular weight excluding hydrogens is 294 g/mol. The number of nitrogens with one attached hydrogen (secondary N) is 1. The van der Waals surface area contributed by atoms with Crippen LogP contribution in [-0.4, -0.2) is 40.1 Å². The molecule has 1 amide bonds. The Morgan fingerprint density at radius 3 is 2.73 bits per heavy atom. The van der Waals surface area contributed by atoms with Crippen LogP contribution in [0.25, 0.3) is 10.9 Å². The maximum Gasteiger partial charge on any atom is 0.322 e. The highest BCUT2D eigenvalue weighted by Gasteiger charge is 2.21. The molecular formula is C13H11N3O6. The van der Waals surface area contributed by atoms with Gasteiger partial charge in [-0.2, -0.15) is 5.10 Å². The molecule has 0 unspecified atom stereocenters. The Morgan fingerprint density at radius 2 is 2.05 bits per heavy atom. The Balaban J connectivity index is 2.12. The average Bonchev–Trinajstić information content (AvgIpc) is 2.94. The molecule has 9 nitrogen and oxygen atoms in total. The molecule has 22 heavy (non-hydrogen) atoms. The van der Waals surface area contributed by atoms with E-state index in [9.17, 15) is 14.4 Å². The van der Waals surface area contributed by atoms with Gasteiger partial charge in [0.15, 0.2) is 17.2 Å². The summed E-state index contributed by atoms with van der Waals surface area (Å²) in [7, 11) is 1.57. The first kappa shape index (κ1) is 13.9. The fraction of sp³-hybridized carbons (Fsp3) is 0.231. The number of aliphatic carboxylic acids is 1. The zero-order chi connectivity index (χ0) is 15.9. The van der Waals surface area contributed by atoms with Gasteiger partial charge in [-0.15, -0.1) is 0 Å². The van der Waals surface area contributed by atoms with Gasteiger partial charge < -0.3 is 19.9 Å². The van der Waals surface area contributed by atoms with Crippen molar-refractivity contribution in [2.45, 2.75) is 0 Å². The van der Waals surface area contributed by atoms with E-state index in [4.69, 9.17) is 14.6 Å². The number of rotatable bonds is 3. The van der Waals surface area contributed by atoms with Crippen LogP contribution in [0.5, 0.6) is 11.5 Å². The summed E-state index contributed by atoms with van der Waals surface area (Å²) < 4.78 is 11.8. The molecule has 3 rings (SSSR count). The molecule has 1 aliphatic rings. The highest BCUT2D eigenvalue weighted by molar-refractivity contribution is 5.97. The second-order valence-electron chi connectivity index (χ2n) is 4.60. The number of nitrogens with zero attached hydrogens (tertiary/aromatic N) is 2. The monoisotopic (exact) mass is 305 g/mol. The number of carbonyl (C=O) groups excluding carboxylic acids is 1. The number of benzene rings is 1. The van der Waals surface area contributed by atoms with E-state index < -0.39 is 23.9 Å². The molecule has 1 aromatic heterocycles. The Hall–Kier alpha value is -3.10. The van der Waals surface area contributed by atoms with Crippen molar-refractivity contribution >= 4 is 22.8 Å². The molecule has 1 aromatic carbocycles. The van der Waals surface area contributed by atoms with Gasteiger partial charge in [-0.1, -0.05) is 0 Å².